The molecule has 0 spiro atoms. The maximum absolute atomic E-state index is 12.4. The quantitative estimate of drug-likeness (QED) is 0.181. The first-order valence-electron chi connectivity index (χ1n) is 12.2. The fraction of sp³-hybridized carbons (Fsp3) is 0.207. The van der Waals surface area contributed by atoms with Gasteiger partial charge in [0.15, 0.2) is 0 Å². The van der Waals surface area contributed by atoms with Crippen LogP contribution in [0.15, 0.2) is 83.5 Å². The van der Waals surface area contributed by atoms with Crippen LogP contribution in [-0.4, -0.2) is 47.5 Å². The number of halogens is 1. The normalized spacial score (nSPS) is 11.3. The molecule has 4 rings (SSSR count). The zero-order chi connectivity index (χ0) is 27.1. The third kappa shape index (κ3) is 7.53. The lowest BCUT2D eigenvalue weighted by atomic mass is 10.1. The number of nitrogens with zero attached hydrogens (tertiary/aromatic N) is 3. The van der Waals surface area contributed by atoms with Crippen molar-refractivity contribution in [1.29, 1.82) is 0 Å². The maximum atomic E-state index is 12.4. The van der Waals surface area contributed by atoms with E-state index < -0.39 is 0 Å². The van der Waals surface area contributed by atoms with Crippen molar-refractivity contribution < 1.29 is 9.53 Å². The largest absolute Gasteiger partial charge is 0.489 e. The first kappa shape index (κ1) is 27.1. The fourth-order valence-corrected chi connectivity index (χ4v) is 3.95. The van der Waals surface area contributed by atoms with Crippen LogP contribution in [0.4, 0.5) is 28.8 Å². The third-order valence-electron chi connectivity index (χ3n) is 5.35. The molecule has 0 bridgehead atoms. The van der Waals surface area contributed by atoms with Gasteiger partial charge in [-0.15, -0.1) is 0 Å². The van der Waals surface area contributed by atoms with E-state index in [-0.39, 0.29) is 12.0 Å². The topological polar surface area (TPSA) is 91.4 Å². The molecule has 0 saturated carbocycles. The minimum absolute atomic E-state index is 0.0408. The Morgan fingerprint density at radius 2 is 1.79 bits per heavy atom. The number of ether oxygens (including phenoxy) is 1. The monoisotopic (exact) mass is 574 g/mol. The van der Waals surface area contributed by atoms with Crippen molar-refractivity contribution in [1.82, 2.24) is 14.9 Å². The van der Waals surface area contributed by atoms with Crippen LogP contribution in [0.1, 0.15) is 13.8 Å². The van der Waals surface area contributed by atoms with E-state index in [4.69, 9.17) is 4.74 Å². The van der Waals surface area contributed by atoms with E-state index in [1.54, 1.807) is 18.3 Å². The molecular formula is C29H31BrN6O2. The Labute approximate surface area is 231 Å². The van der Waals surface area contributed by atoms with Crippen LogP contribution in [0.25, 0.3) is 10.8 Å². The van der Waals surface area contributed by atoms with Gasteiger partial charge in [0.05, 0.1) is 16.3 Å². The fourth-order valence-electron chi connectivity index (χ4n) is 3.66. The average Bonchev–Trinajstić information content (AvgIpc) is 2.87. The van der Waals surface area contributed by atoms with Gasteiger partial charge in [-0.1, -0.05) is 36.4 Å². The molecule has 0 unspecified atom stereocenters. The summed E-state index contributed by atoms with van der Waals surface area (Å²) in [6.07, 6.45) is 4.97. The Bertz CT molecular complexity index is 1450. The predicted octanol–water partition coefficient (Wildman–Crippen LogP) is 6.72. The number of aromatic nitrogens is 2. The van der Waals surface area contributed by atoms with Crippen LogP contribution in [0.5, 0.6) is 5.75 Å². The van der Waals surface area contributed by atoms with Crippen LogP contribution in [0.2, 0.25) is 0 Å². The first-order valence-corrected chi connectivity index (χ1v) is 13.0. The molecule has 9 heteroatoms. The van der Waals surface area contributed by atoms with Gasteiger partial charge >= 0.3 is 0 Å². The minimum atomic E-state index is -0.211. The van der Waals surface area contributed by atoms with Crippen molar-refractivity contribution >= 4 is 61.4 Å². The van der Waals surface area contributed by atoms with Gasteiger partial charge in [0.25, 0.3) is 0 Å². The van der Waals surface area contributed by atoms with Crippen molar-refractivity contribution in [3.63, 3.8) is 0 Å². The number of rotatable bonds is 10. The number of benzene rings is 3. The summed E-state index contributed by atoms with van der Waals surface area (Å²) in [7, 11) is 3.89. The van der Waals surface area contributed by atoms with Crippen molar-refractivity contribution in [3.8, 4) is 5.75 Å². The molecular weight excluding hydrogens is 544 g/mol. The lowest BCUT2D eigenvalue weighted by molar-refractivity contribution is -0.111. The van der Waals surface area contributed by atoms with E-state index in [9.17, 15) is 4.79 Å². The summed E-state index contributed by atoms with van der Waals surface area (Å²) in [4.78, 5) is 23.4. The van der Waals surface area contributed by atoms with E-state index in [1.165, 1.54) is 11.5 Å². The van der Waals surface area contributed by atoms with Gasteiger partial charge in [-0.05, 0) is 85.0 Å². The molecule has 0 aliphatic heterocycles. The number of fused-ring (bicyclic) bond motifs is 1. The van der Waals surface area contributed by atoms with Gasteiger partial charge in [0, 0.05) is 30.2 Å². The van der Waals surface area contributed by atoms with Crippen LogP contribution in [-0.2, 0) is 4.79 Å². The Balaban J connectivity index is 1.56. The molecule has 8 nitrogen and oxygen atoms in total. The summed E-state index contributed by atoms with van der Waals surface area (Å²) >= 11 is 3.54. The Morgan fingerprint density at radius 1 is 1.03 bits per heavy atom. The lowest BCUT2D eigenvalue weighted by Gasteiger charge is -2.17. The second kappa shape index (κ2) is 12.5. The van der Waals surface area contributed by atoms with Gasteiger partial charge in [0.1, 0.15) is 11.6 Å². The van der Waals surface area contributed by atoms with Gasteiger partial charge in [-0.3, -0.25) is 4.79 Å². The van der Waals surface area contributed by atoms with E-state index in [0.29, 0.717) is 35.4 Å². The molecule has 0 aliphatic carbocycles. The van der Waals surface area contributed by atoms with Crippen LogP contribution in [0.3, 0.4) is 0 Å². The summed E-state index contributed by atoms with van der Waals surface area (Å²) in [6.45, 7) is 4.59. The number of anilines is 5. The summed E-state index contributed by atoms with van der Waals surface area (Å²) in [5.41, 5.74) is 2.16. The molecule has 1 amide bonds. The SMILES string of the molecule is CC(C)Oc1ccc(NC(=O)/C=C/CN(C)C)cc1Nc1ncc(Br)c(Nc2ccc3ccccc3c2)n1. The highest BCUT2D eigenvalue weighted by molar-refractivity contribution is 9.10. The van der Waals surface area contributed by atoms with E-state index >= 15 is 0 Å². The second-order valence-electron chi connectivity index (χ2n) is 9.23. The molecule has 3 aromatic carbocycles. The highest BCUT2D eigenvalue weighted by atomic mass is 79.9. The smallest absolute Gasteiger partial charge is 0.248 e. The predicted molar refractivity (Wildman–Crippen MR) is 159 cm³/mol. The third-order valence-corrected chi connectivity index (χ3v) is 5.93. The molecule has 38 heavy (non-hydrogen) atoms. The molecule has 0 saturated heterocycles. The molecule has 1 heterocycles. The summed E-state index contributed by atoms with van der Waals surface area (Å²) < 4.78 is 6.71. The van der Waals surface area contributed by atoms with Gasteiger partial charge in [-0.2, -0.15) is 4.98 Å². The van der Waals surface area contributed by atoms with Crippen LogP contribution in [0, 0.1) is 0 Å². The summed E-state index contributed by atoms with van der Waals surface area (Å²) in [5.74, 6) is 1.40. The number of nitrogens with one attached hydrogen (secondary N) is 3. The van der Waals surface area contributed by atoms with Gasteiger partial charge < -0.3 is 25.6 Å². The van der Waals surface area contributed by atoms with Crippen molar-refractivity contribution in [2.24, 2.45) is 0 Å². The highest BCUT2D eigenvalue weighted by Gasteiger charge is 2.12. The molecule has 0 radical (unpaired) electrons. The number of carbonyl (C=O) groups excluding carboxylic acids is 1. The minimum Gasteiger partial charge on any atom is -0.489 e. The lowest BCUT2D eigenvalue weighted by Crippen LogP contribution is -2.13. The number of hydrogen-bond acceptors (Lipinski definition) is 7. The molecule has 1 aromatic heterocycles. The van der Waals surface area contributed by atoms with E-state index in [0.717, 1.165) is 15.5 Å². The van der Waals surface area contributed by atoms with Gasteiger partial charge in [0.2, 0.25) is 11.9 Å². The molecule has 0 atom stereocenters. The Morgan fingerprint density at radius 3 is 2.55 bits per heavy atom. The average molecular weight is 576 g/mol. The Kier molecular flexibility index (Phi) is 8.93. The zero-order valence-corrected chi connectivity index (χ0v) is 23.4. The Hall–Kier alpha value is -3.95. The van der Waals surface area contributed by atoms with Crippen molar-refractivity contribution in [2.45, 2.75) is 20.0 Å². The highest BCUT2D eigenvalue weighted by Crippen LogP contribution is 2.32. The van der Waals surface area contributed by atoms with E-state index in [1.807, 2.05) is 63.2 Å². The number of carbonyl (C=O) groups is 1. The van der Waals surface area contributed by atoms with Crippen LogP contribution < -0.4 is 20.7 Å². The number of amides is 1. The number of likely N-dealkylation sites (N-methyl/N-ethyl adjacent to an activating group) is 1. The first-order chi connectivity index (χ1) is 18.3. The van der Waals surface area contributed by atoms with Crippen molar-refractivity contribution in [2.75, 3.05) is 36.6 Å². The maximum Gasteiger partial charge on any atom is 0.248 e. The molecule has 3 N–H and O–H groups in total. The molecule has 4 aromatic rings. The van der Waals surface area contributed by atoms with Crippen LogP contribution >= 0.6 is 15.9 Å². The van der Waals surface area contributed by atoms with E-state index in [2.05, 4.69) is 66.1 Å². The molecule has 0 fully saturated rings. The zero-order valence-electron chi connectivity index (χ0n) is 21.8. The molecule has 0 aliphatic rings. The second-order valence-corrected chi connectivity index (χ2v) is 10.1. The molecule has 196 valence electrons. The summed E-state index contributed by atoms with van der Waals surface area (Å²) in [6, 6.07) is 19.8. The number of hydrogen-bond donors (Lipinski definition) is 3. The van der Waals surface area contributed by atoms with Gasteiger partial charge in [-0.25, -0.2) is 4.98 Å². The standard InChI is InChI=1S/C29H31BrN6O2/c1-19(2)38-26-14-13-23(32-27(37)10-7-15-36(3)4)17-25(26)34-29-31-18-24(30)28(35-29)33-22-12-11-20-8-5-6-9-21(20)16-22/h5-14,16-19H,15H2,1-4H3,(H,32,37)(H2,31,33,34,35)/b10-7+. The van der Waals surface area contributed by atoms with Crippen molar-refractivity contribution in [3.05, 3.63) is 83.5 Å². The summed E-state index contributed by atoms with van der Waals surface area (Å²) in [5, 5.41) is 11.8.